The average molecular weight is 318 g/mol. The maximum absolute atomic E-state index is 11.6. The Hall–Kier alpha value is -2.28. The van der Waals surface area contributed by atoms with Gasteiger partial charge < -0.3 is 5.32 Å². The van der Waals surface area contributed by atoms with Crippen molar-refractivity contribution in [3.05, 3.63) is 41.7 Å². The Kier molecular flexibility index (Phi) is 5.21. The van der Waals surface area contributed by atoms with E-state index in [0.717, 1.165) is 11.3 Å². The molecule has 0 aliphatic rings. The summed E-state index contributed by atoms with van der Waals surface area (Å²) in [5.74, 6) is -0.241. The number of imide groups is 1. The topological polar surface area (TPSA) is 76.0 Å². The Balaban J connectivity index is 2.10. The minimum Gasteiger partial charge on any atom is -0.341 e. The fraction of sp³-hybridized carbons (Fsp3) is 0.267. The van der Waals surface area contributed by atoms with Crippen molar-refractivity contribution >= 4 is 23.7 Å². The van der Waals surface area contributed by atoms with Crippen LogP contribution in [-0.4, -0.2) is 34.3 Å². The molecule has 0 bridgehead atoms. The summed E-state index contributed by atoms with van der Waals surface area (Å²) in [6, 6.07) is 5.65. The van der Waals surface area contributed by atoms with Crippen molar-refractivity contribution in [1.82, 2.24) is 20.2 Å². The van der Waals surface area contributed by atoms with E-state index < -0.39 is 6.03 Å². The summed E-state index contributed by atoms with van der Waals surface area (Å²) in [5, 5.41) is 5.27. The minimum absolute atomic E-state index is 0.120. The number of imidazole rings is 1. The normalized spacial score (nSPS) is 10.3. The third-order valence-electron chi connectivity index (χ3n) is 3.03. The van der Waals surface area contributed by atoms with Crippen molar-refractivity contribution in [1.29, 1.82) is 0 Å². The maximum atomic E-state index is 11.6. The fourth-order valence-electron chi connectivity index (χ4n) is 2.01. The van der Waals surface area contributed by atoms with Gasteiger partial charge in [0.1, 0.15) is 0 Å². The van der Waals surface area contributed by atoms with Crippen molar-refractivity contribution in [2.45, 2.75) is 19.0 Å². The van der Waals surface area contributed by atoms with Crippen LogP contribution in [0.15, 0.2) is 35.7 Å². The first kappa shape index (κ1) is 16.1. The molecule has 2 N–H and O–H groups in total. The molecule has 22 heavy (non-hydrogen) atoms. The number of rotatable bonds is 4. The van der Waals surface area contributed by atoms with E-state index in [0.29, 0.717) is 5.16 Å². The Morgan fingerprint density at radius 1 is 1.32 bits per heavy atom. The minimum atomic E-state index is -0.511. The Bertz CT molecular complexity index is 697. The smallest absolute Gasteiger partial charge is 0.321 e. The molecule has 2 rings (SSSR count). The summed E-state index contributed by atoms with van der Waals surface area (Å²) in [6.07, 6.45) is 3.55. The number of thioether (sulfide) groups is 1. The number of hydrogen-bond acceptors (Lipinski definition) is 4. The molecule has 1 aromatic carbocycles. The number of urea groups is 1. The van der Waals surface area contributed by atoms with Gasteiger partial charge in [0.05, 0.1) is 11.4 Å². The van der Waals surface area contributed by atoms with Gasteiger partial charge >= 0.3 is 6.03 Å². The standard InChI is InChI=1S/C15H18N4O2S/c1-10-4-5-12(11(2)8-10)19-7-6-17-15(19)22-9-13(20)18-14(21)16-3/h4-8H,9H2,1-3H3,(H2,16,18,20,21). The molecule has 0 aliphatic heterocycles. The zero-order valence-electron chi connectivity index (χ0n) is 12.7. The van der Waals surface area contributed by atoms with Crippen molar-refractivity contribution in [2.24, 2.45) is 0 Å². The van der Waals surface area contributed by atoms with Crippen molar-refractivity contribution in [3.8, 4) is 5.69 Å². The summed E-state index contributed by atoms with van der Waals surface area (Å²) in [7, 11) is 1.46. The molecule has 1 heterocycles. The highest BCUT2D eigenvalue weighted by atomic mass is 32.2. The fourth-order valence-corrected chi connectivity index (χ4v) is 2.78. The highest BCUT2D eigenvalue weighted by Gasteiger charge is 2.11. The lowest BCUT2D eigenvalue weighted by molar-refractivity contribution is -0.117. The number of hydrogen-bond donors (Lipinski definition) is 2. The summed E-state index contributed by atoms with van der Waals surface area (Å²) in [4.78, 5) is 27.0. The van der Waals surface area contributed by atoms with Gasteiger partial charge in [0.2, 0.25) is 5.91 Å². The predicted octanol–water partition coefficient (Wildman–Crippen LogP) is 2.04. The quantitative estimate of drug-likeness (QED) is 0.846. The molecule has 0 aliphatic carbocycles. The largest absolute Gasteiger partial charge is 0.341 e. The molecule has 1 aromatic heterocycles. The lowest BCUT2D eigenvalue weighted by atomic mass is 10.1. The molecular weight excluding hydrogens is 300 g/mol. The summed E-state index contributed by atoms with van der Waals surface area (Å²) < 4.78 is 1.94. The van der Waals surface area contributed by atoms with E-state index in [-0.39, 0.29) is 11.7 Å². The zero-order chi connectivity index (χ0) is 16.1. The summed E-state index contributed by atoms with van der Waals surface area (Å²) >= 11 is 1.28. The van der Waals surface area contributed by atoms with E-state index in [1.165, 1.54) is 24.4 Å². The van der Waals surface area contributed by atoms with E-state index >= 15 is 0 Å². The number of carbonyl (C=O) groups is 2. The van der Waals surface area contributed by atoms with E-state index in [1.807, 2.05) is 36.7 Å². The van der Waals surface area contributed by atoms with Crippen LogP contribution in [0, 0.1) is 13.8 Å². The number of aromatic nitrogens is 2. The molecule has 0 radical (unpaired) electrons. The van der Waals surface area contributed by atoms with Gasteiger partial charge in [0.25, 0.3) is 0 Å². The van der Waals surface area contributed by atoms with Crippen LogP contribution in [-0.2, 0) is 4.79 Å². The molecule has 0 spiro atoms. The van der Waals surface area contributed by atoms with Crippen molar-refractivity contribution in [3.63, 3.8) is 0 Å². The maximum Gasteiger partial charge on any atom is 0.321 e. The molecular formula is C15H18N4O2S. The van der Waals surface area contributed by atoms with Crippen LogP contribution in [0.5, 0.6) is 0 Å². The lowest BCUT2D eigenvalue weighted by Gasteiger charge is -2.11. The molecule has 0 atom stereocenters. The van der Waals surface area contributed by atoms with Crippen LogP contribution in [0.4, 0.5) is 4.79 Å². The predicted molar refractivity (Wildman–Crippen MR) is 86.4 cm³/mol. The van der Waals surface area contributed by atoms with E-state index in [2.05, 4.69) is 21.7 Å². The van der Waals surface area contributed by atoms with Gasteiger partial charge in [0, 0.05) is 19.4 Å². The monoisotopic (exact) mass is 318 g/mol. The Morgan fingerprint density at radius 2 is 2.09 bits per heavy atom. The number of amides is 3. The van der Waals surface area contributed by atoms with Crippen molar-refractivity contribution < 1.29 is 9.59 Å². The molecule has 2 aromatic rings. The molecule has 6 nitrogen and oxygen atoms in total. The number of aryl methyl sites for hydroxylation is 2. The van der Waals surface area contributed by atoms with Gasteiger partial charge in [-0.1, -0.05) is 29.5 Å². The van der Waals surface area contributed by atoms with Gasteiger partial charge in [-0.05, 0) is 25.5 Å². The number of carbonyl (C=O) groups excluding carboxylic acids is 2. The van der Waals surface area contributed by atoms with Gasteiger partial charge in [-0.3, -0.25) is 14.7 Å². The van der Waals surface area contributed by atoms with E-state index in [4.69, 9.17) is 0 Å². The molecule has 0 fully saturated rings. The van der Waals surface area contributed by atoms with Crippen LogP contribution >= 0.6 is 11.8 Å². The molecule has 3 amide bonds. The van der Waals surface area contributed by atoms with Gasteiger partial charge in [-0.25, -0.2) is 9.78 Å². The number of nitrogens with one attached hydrogen (secondary N) is 2. The second-order valence-electron chi connectivity index (χ2n) is 4.79. The van der Waals surface area contributed by atoms with Gasteiger partial charge in [-0.2, -0.15) is 0 Å². The van der Waals surface area contributed by atoms with Crippen molar-refractivity contribution in [2.75, 3.05) is 12.8 Å². The first-order valence-electron chi connectivity index (χ1n) is 6.76. The zero-order valence-corrected chi connectivity index (χ0v) is 13.5. The second-order valence-corrected chi connectivity index (χ2v) is 5.73. The molecule has 0 saturated heterocycles. The molecule has 0 unspecified atom stereocenters. The lowest BCUT2D eigenvalue weighted by Crippen LogP contribution is -2.38. The van der Waals surface area contributed by atoms with Crippen LogP contribution in [0.1, 0.15) is 11.1 Å². The van der Waals surface area contributed by atoms with Gasteiger partial charge in [-0.15, -0.1) is 0 Å². The molecule has 116 valence electrons. The van der Waals surface area contributed by atoms with Crippen LogP contribution < -0.4 is 10.6 Å². The SMILES string of the molecule is CNC(=O)NC(=O)CSc1nccn1-c1ccc(C)cc1C. The Labute approximate surface area is 133 Å². The third kappa shape index (κ3) is 3.88. The summed E-state index contributed by atoms with van der Waals surface area (Å²) in [6.45, 7) is 4.08. The van der Waals surface area contributed by atoms with E-state index in [9.17, 15) is 9.59 Å². The Morgan fingerprint density at radius 3 is 2.77 bits per heavy atom. The van der Waals surface area contributed by atoms with Crippen LogP contribution in [0.3, 0.4) is 0 Å². The molecule has 0 saturated carbocycles. The van der Waals surface area contributed by atoms with Gasteiger partial charge in [0.15, 0.2) is 5.16 Å². The average Bonchev–Trinajstić information content (AvgIpc) is 2.93. The first-order valence-corrected chi connectivity index (χ1v) is 7.75. The van der Waals surface area contributed by atoms with E-state index in [1.54, 1.807) is 6.20 Å². The number of benzene rings is 1. The third-order valence-corrected chi connectivity index (χ3v) is 4.00. The number of nitrogens with zero attached hydrogens (tertiary/aromatic N) is 2. The highest BCUT2D eigenvalue weighted by molar-refractivity contribution is 7.99. The first-order chi connectivity index (χ1) is 10.5. The molecule has 7 heteroatoms. The van der Waals surface area contributed by atoms with Crippen LogP contribution in [0.2, 0.25) is 0 Å². The van der Waals surface area contributed by atoms with Crippen LogP contribution in [0.25, 0.3) is 5.69 Å². The second kappa shape index (κ2) is 7.13. The highest BCUT2D eigenvalue weighted by Crippen LogP contribution is 2.23. The summed E-state index contributed by atoms with van der Waals surface area (Å²) in [5.41, 5.74) is 3.35.